The second kappa shape index (κ2) is 6.95. The molecule has 21 heavy (non-hydrogen) atoms. The summed E-state index contributed by atoms with van der Waals surface area (Å²) in [7, 11) is 1.96. The fourth-order valence-corrected chi connectivity index (χ4v) is 2.08. The van der Waals surface area contributed by atoms with Gasteiger partial charge in [0.15, 0.2) is 0 Å². The van der Waals surface area contributed by atoms with Crippen LogP contribution in [-0.2, 0) is 11.3 Å². The van der Waals surface area contributed by atoms with Crippen molar-refractivity contribution in [2.45, 2.75) is 19.9 Å². The third kappa shape index (κ3) is 4.65. The first kappa shape index (κ1) is 15.1. The lowest BCUT2D eigenvalue weighted by molar-refractivity contribution is -0.116. The van der Waals surface area contributed by atoms with E-state index in [1.165, 1.54) is 0 Å². The smallest absolute Gasteiger partial charge is 0.225 e. The Balaban J connectivity index is 1.79. The van der Waals surface area contributed by atoms with Gasteiger partial charge in [-0.05, 0) is 49.9 Å². The average Bonchev–Trinajstić information content (AvgIpc) is 2.92. The van der Waals surface area contributed by atoms with Crippen LogP contribution in [0.4, 0.5) is 11.4 Å². The zero-order chi connectivity index (χ0) is 15.2. The van der Waals surface area contributed by atoms with Gasteiger partial charge in [-0.25, -0.2) is 0 Å². The Labute approximate surface area is 124 Å². The molecule has 1 aromatic heterocycles. The maximum absolute atomic E-state index is 12.0. The second-order valence-electron chi connectivity index (χ2n) is 5.19. The molecule has 0 saturated carbocycles. The number of aryl methyl sites for hydroxylation is 1. The second-order valence-corrected chi connectivity index (χ2v) is 5.19. The van der Waals surface area contributed by atoms with Gasteiger partial charge in [0.05, 0.1) is 12.8 Å². The molecule has 0 atom stereocenters. The minimum Gasteiger partial charge on any atom is -0.468 e. The van der Waals surface area contributed by atoms with E-state index in [-0.39, 0.29) is 5.91 Å². The highest BCUT2D eigenvalue weighted by molar-refractivity contribution is 5.91. The predicted octanol–water partition coefficient (Wildman–Crippen LogP) is 2.63. The van der Waals surface area contributed by atoms with Gasteiger partial charge in [0.1, 0.15) is 5.76 Å². The number of nitrogens with zero attached hydrogens (tertiary/aromatic N) is 1. The largest absolute Gasteiger partial charge is 0.468 e. The molecule has 112 valence electrons. The van der Waals surface area contributed by atoms with Gasteiger partial charge >= 0.3 is 0 Å². The lowest BCUT2D eigenvalue weighted by Crippen LogP contribution is -2.24. The van der Waals surface area contributed by atoms with Crippen LogP contribution in [0.15, 0.2) is 41.0 Å². The minimum absolute atomic E-state index is 0.00540. The zero-order valence-corrected chi connectivity index (χ0v) is 12.4. The van der Waals surface area contributed by atoms with Crippen LogP contribution in [0.5, 0.6) is 0 Å². The van der Waals surface area contributed by atoms with Crippen molar-refractivity contribution >= 4 is 17.3 Å². The number of hydrogen-bond acceptors (Lipinski definition) is 4. The maximum atomic E-state index is 12.0. The quantitative estimate of drug-likeness (QED) is 0.801. The van der Waals surface area contributed by atoms with Crippen molar-refractivity contribution in [2.24, 2.45) is 0 Å². The summed E-state index contributed by atoms with van der Waals surface area (Å²) in [6.07, 6.45) is 2.08. The number of hydrogen-bond donors (Lipinski definition) is 2. The first-order valence-electron chi connectivity index (χ1n) is 6.91. The standard InChI is InChI=1S/C16H21N3O2/c1-12-10-13(17)5-6-15(12)18-16(20)7-8-19(2)11-14-4-3-9-21-14/h3-6,9-10H,7-8,11,17H2,1-2H3,(H,18,20). The number of nitrogens with one attached hydrogen (secondary N) is 1. The van der Waals surface area contributed by atoms with Crippen LogP contribution in [0.2, 0.25) is 0 Å². The van der Waals surface area contributed by atoms with E-state index in [9.17, 15) is 4.79 Å². The Morgan fingerprint density at radius 3 is 2.86 bits per heavy atom. The Morgan fingerprint density at radius 1 is 1.38 bits per heavy atom. The highest BCUT2D eigenvalue weighted by Gasteiger charge is 2.08. The van der Waals surface area contributed by atoms with E-state index < -0.39 is 0 Å². The number of anilines is 2. The van der Waals surface area contributed by atoms with Gasteiger partial charge in [-0.3, -0.25) is 9.69 Å². The molecule has 0 fully saturated rings. The molecule has 0 unspecified atom stereocenters. The summed E-state index contributed by atoms with van der Waals surface area (Å²) in [6.45, 7) is 3.29. The molecule has 2 rings (SSSR count). The highest BCUT2D eigenvalue weighted by atomic mass is 16.3. The minimum atomic E-state index is -0.00540. The molecular formula is C16H21N3O2. The molecule has 1 aromatic carbocycles. The Kier molecular flexibility index (Phi) is 5.00. The van der Waals surface area contributed by atoms with Crippen LogP contribution in [0.3, 0.4) is 0 Å². The van der Waals surface area contributed by atoms with Crippen molar-refractivity contribution in [1.29, 1.82) is 0 Å². The van der Waals surface area contributed by atoms with E-state index >= 15 is 0 Å². The van der Waals surface area contributed by atoms with Gasteiger partial charge in [-0.15, -0.1) is 0 Å². The molecule has 1 amide bonds. The van der Waals surface area contributed by atoms with E-state index in [2.05, 4.69) is 5.32 Å². The van der Waals surface area contributed by atoms with Gasteiger partial charge in [0, 0.05) is 24.3 Å². The number of rotatable bonds is 6. The van der Waals surface area contributed by atoms with Gasteiger partial charge in [-0.1, -0.05) is 0 Å². The Bertz CT molecular complexity index is 594. The SMILES string of the molecule is Cc1cc(N)ccc1NC(=O)CCN(C)Cc1ccco1. The van der Waals surface area contributed by atoms with E-state index in [4.69, 9.17) is 10.2 Å². The molecular weight excluding hydrogens is 266 g/mol. The third-order valence-electron chi connectivity index (χ3n) is 3.25. The average molecular weight is 287 g/mol. The summed E-state index contributed by atoms with van der Waals surface area (Å²) < 4.78 is 5.28. The topological polar surface area (TPSA) is 71.5 Å². The van der Waals surface area contributed by atoms with Crippen molar-refractivity contribution in [3.63, 3.8) is 0 Å². The summed E-state index contributed by atoms with van der Waals surface area (Å²) in [6, 6.07) is 9.24. The van der Waals surface area contributed by atoms with Gasteiger partial charge in [0.25, 0.3) is 0 Å². The number of nitrogens with two attached hydrogens (primary N) is 1. The molecule has 0 spiro atoms. The number of amides is 1. The number of carbonyl (C=O) groups is 1. The molecule has 5 nitrogen and oxygen atoms in total. The lowest BCUT2D eigenvalue weighted by atomic mass is 10.2. The van der Waals surface area contributed by atoms with Gasteiger partial charge in [-0.2, -0.15) is 0 Å². The van der Waals surface area contributed by atoms with Crippen molar-refractivity contribution < 1.29 is 9.21 Å². The predicted molar refractivity (Wildman–Crippen MR) is 83.9 cm³/mol. The molecule has 0 aliphatic carbocycles. The summed E-state index contributed by atoms with van der Waals surface area (Å²) in [5, 5.41) is 2.91. The molecule has 3 N–H and O–H groups in total. The number of benzene rings is 1. The first-order valence-corrected chi connectivity index (χ1v) is 6.91. The molecule has 0 saturated heterocycles. The maximum Gasteiger partial charge on any atom is 0.225 e. The van der Waals surface area contributed by atoms with Crippen LogP contribution in [0, 0.1) is 6.92 Å². The normalized spacial score (nSPS) is 10.8. The lowest BCUT2D eigenvalue weighted by Gasteiger charge is -2.15. The molecule has 0 aliphatic heterocycles. The van der Waals surface area contributed by atoms with Crippen molar-refractivity contribution in [2.75, 3.05) is 24.6 Å². The van der Waals surface area contributed by atoms with Crippen LogP contribution in [0.1, 0.15) is 17.7 Å². The van der Waals surface area contributed by atoms with Crippen molar-refractivity contribution in [3.05, 3.63) is 47.9 Å². The van der Waals surface area contributed by atoms with E-state index in [1.54, 1.807) is 12.3 Å². The number of furan rings is 1. The summed E-state index contributed by atoms with van der Waals surface area (Å²) in [5.41, 5.74) is 8.16. The first-order chi connectivity index (χ1) is 10.0. The highest BCUT2D eigenvalue weighted by Crippen LogP contribution is 2.17. The molecule has 1 heterocycles. The third-order valence-corrected chi connectivity index (χ3v) is 3.25. The van der Waals surface area contributed by atoms with Gasteiger partial charge in [0.2, 0.25) is 5.91 Å². The Morgan fingerprint density at radius 2 is 2.19 bits per heavy atom. The molecule has 2 aromatic rings. The van der Waals surface area contributed by atoms with Crippen molar-refractivity contribution in [1.82, 2.24) is 4.90 Å². The molecule has 5 heteroatoms. The molecule has 0 aliphatic rings. The summed E-state index contributed by atoms with van der Waals surface area (Å²) in [4.78, 5) is 14.0. The molecule has 0 radical (unpaired) electrons. The Hall–Kier alpha value is -2.27. The van der Waals surface area contributed by atoms with E-state index in [0.29, 0.717) is 25.2 Å². The monoisotopic (exact) mass is 287 g/mol. The van der Waals surface area contributed by atoms with Crippen LogP contribution in [0.25, 0.3) is 0 Å². The van der Waals surface area contributed by atoms with Crippen molar-refractivity contribution in [3.8, 4) is 0 Å². The van der Waals surface area contributed by atoms with Crippen LogP contribution >= 0.6 is 0 Å². The van der Waals surface area contributed by atoms with Gasteiger partial charge < -0.3 is 15.5 Å². The zero-order valence-electron chi connectivity index (χ0n) is 12.4. The fourth-order valence-electron chi connectivity index (χ4n) is 2.08. The van der Waals surface area contributed by atoms with E-state index in [1.807, 2.05) is 43.1 Å². The van der Waals surface area contributed by atoms with Crippen LogP contribution in [-0.4, -0.2) is 24.4 Å². The number of carbonyl (C=O) groups excluding carboxylic acids is 1. The summed E-state index contributed by atoms with van der Waals surface area (Å²) in [5.74, 6) is 0.890. The number of nitrogen functional groups attached to an aromatic ring is 1. The molecule has 0 bridgehead atoms. The van der Waals surface area contributed by atoms with Crippen LogP contribution < -0.4 is 11.1 Å². The van der Waals surface area contributed by atoms with E-state index in [0.717, 1.165) is 17.0 Å². The fraction of sp³-hybridized carbons (Fsp3) is 0.312. The summed E-state index contributed by atoms with van der Waals surface area (Å²) >= 11 is 0.